The van der Waals surface area contributed by atoms with Crippen molar-refractivity contribution in [2.24, 2.45) is 0 Å². The number of nitriles is 1. The van der Waals surface area contributed by atoms with Crippen LogP contribution in [0.4, 0.5) is 4.79 Å². The van der Waals surface area contributed by atoms with Gasteiger partial charge in [-0.2, -0.15) is 5.26 Å². The highest BCUT2D eigenvalue weighted by Crippen LogP contribution is 2.28. The summed E-state index contributed by atoms with van der Waals surface area (Å²) in [5.41, 5.74) is 0.437. The minimum absolute atomic E-state index is 0.0261. The number of hydrogen-bond donors (Lipinski definition) is 3. The molecule has 0 aliphatic heterocycles. The fourth-order valence-electron chi connectivity index (χ4n) is 5.06. The van der Waals surface area contributed by atoms with Gasteiger partial charge in [-0.15, -0.1) is 0 Å². The van der Waals surface area contributed by atoms with Crippen LogP contribution in [0.3, 0.4) is 0 Å². The predicted molar refractivity (Wildman–Crippen MR) is 184 cm³/mol. The van der Waals surface area contributed by atoms with Crippen LogP contribution in [0.2, 0.25) is 0 Å². The van der Waals surface area contributed by atoms with E-state index in [4.69, 9.17) is 9.47 Å². The van der Waals surface area contributed by atoms with Crippen LogP contribution >= 0.6 is 0 Å². The molecule has 0 spiro atoms. The van der Waals surface area contributed by atoms with E-state index in [1.54, 1.807) is 72.7 Å². The fourth-order valence-corrected chi connectivity index (χ4v) is 5.06. The second-order valence-electron chi connectivity index (χ2n) is 13.7. The van der Waals surface area contributed by atoms with Gasteiger partial charge in [0.05, 0.1) is 6.07 Å². The van der Waals surface area contributed by atoms with E-state index in [0.29, 0.717) is 11.1 Å². The van der Waals surface area contributed by atoms with Crippen molar-refractivity contribution in [1.82, 2.24) is 15.5 Å². The van der Waals surface area contributed by atoms with E-state index in [0.717, 1.165) is 10.5 Å². The molecule has 0 heterocycles. The van der Waals surface area contributed by atoms with Crippen molar-refractivity contribution in [3.8, 4) is 11.8 Å². The number of carbonyl (C=O) groups excluding carboxylic acids is 4. The number of ether oxygens (including phenoxy) is 2. The summed E-state index contributed by atoms with van der Waals surface area (Å²) in [5.74, 6) is -2.22. The molecule has 0 aliphatic carbocycles. The summed E-state index contributed by atoms with van der Waals surface area (Å²) in [6.07, 6.45) is -0.738. The number of phenolic OH excluding ortho intramolecular Hbond substituents is 1. The number of carbonyl (C=O) groups is 4. The lowest BCUT2D eigenvalue weighted by Gasteiger charge is -2.34. The Morgan fingerprint density at radius 2 is 1.33 bits per heavy atom. The molecule has 3 amide bonds. The SMILES string of the molecule is Cc1cc(C(C(=O)NC(Cc2ccccc2)C(=O)OC(C)(C)C)N(CC#N)C(=O)C(Cc2ccccc2)NC(=O)OC(C)(C)C)ccc1O. The number of alkyl carbamates (subject to hydrolysis) is 1. The van der Waals surface area contributed by atoms with Crippen molar-refractivity contribution in [2.75, 3.05) is 6.54 Å². The van der Waals surface area contributed by atoms with Crippen molar-refractivity contribution >= 4 is 23.9 Å². The number of nitrogens with one attached hydrogen (secondary N) is 2. The van der Waals surface area contributed by atoms with Gasteiger partial charge in [0.25, 0.3) is 0 Å². The quantitative estimate of drug-likeness (QED) is 0.173. The van der Waals surface area contributed by atoms with Crippen molar-refractivity contribution in [3.63, 3.8) is 0 Å². The van der Waals surface area contributed by atoms with Crippen molar-refractivity contribution in [3.05, 3.63) is 101 Å². The number of hydrogen-bond acceptors (Lipinski definition) is 8. The molecule has 0 aromatic heterocycles. The van der Waals surface area contributed by atoms with E-state index in [2.05, 4.69) is 10.6 Å². The van der Waals surface area contributed by atoms with Gasteiger partial charge in [0.15, 0.2) is 0 Å². The van der Waals surface area contributed by atoms with E-state index in [9.17, 15) is 29.5 Å². The highest BCUT2D eigenvalue weighted by atomic mass is 16.6. The first-order chi connectivity index (χ1) is 23.0. The Kier molecular flexibility index (Phi) is 12.9. The van der Waals surface area contributed by atoms with Crippen molar-refractivity contribution < 1.29 is 33.8 Å². The van der Waals surface area contributed by atoms with E-state index in [1.807, 2.05) is 42.5 Å². The van der Waals surface area contributed by atoms with Crippen LogP contribution in [0.25, 0.3) is 0 Å². The van der Waals surface area contributed by atoms with Gasteiger partial charge in [-0.1, -0.05) is 66.7 Å². The lowest BCUT2D eigenvalue weighted by Crippen LogP contribution is -2.55. The maximum Gasteiger partial charge on any atom is 0.408 e. The third kappa shape index (κ3) is 12.0. The van der Waals surface area contributed by atoms with Crippen molar-refractivity contribution in [2.45, 2.75) is 90.6 Å². The van der Waals surface area contributed by atoms with Crippen molar-refractivity contribution in [1.29, 1.82) is 5.26 Å². The number of phenols is 1. The number of amides is 3. The molecule has 0 aliphatic rings. The molecule has 11 heteroatoms. The topological polar surface area (TPSA) is 158 Å². The Bertz CT molecular complexity index is 1640. The molecule has 3 aromatic rings. The Labute approximate surface area is 288 Å². The summed E-state index contributed by atoms with van der Waals surface area (Å²) in [6.45, 7) is 11.3. The van der Waals surface area contributed by atoms with Crippen LogP contribution in [0.5, 0.6) is 5.75 Å². The number of aromatic hydroxyl groups is 1. The smallest absolute Gasteiger partial charge is 0.408 e. The largest absolute Gasteiger partial charge is 0.508 e. The maximum absolute atomic E-state index is 14.5. The summed E-state index contributed by atoms with van der Waals surface area (Å²) < 4.78 is 11.1. The molecule has 3 N–H and O–H groups in total. The van der Waals surface area contributed by atoms with E-state index >= 15 is 0 Å². The van der Waals surface area contributed by atoms with E-state index in [-0.39, 0.29) is 24.2 Å². The van der Waals surface area contributed by atoms with Gasteiger partial charge in [-0.3, -0.25) is 9.59 Å². The lowest BCUT2D eigenvalue weighted by atomic mass is 9.98. The fraction of sp³-hybridized carbons (Fsp3) is 0.395. The zero-order valence-electron chi connectivity index (χ0n) is 29.2. The van der Waals surface area contributed by atoms with Gasteiger partial charge in [-0.05, 0) is 82.9 Å². The molecule has 0 saturated heterocycles. The van der Waals surface area contributed by atoms with Gasteiger partial charge >= 0.3 is 12.1 Å². The number of aryl methyl sites for hydroxylation is 1. The second kappa shape index (κ2) is 16.6. The molecular formula is C38H46N4O7. The minimum Gasteiger partial charge on any atom is -0.508 e. The standard InChI is InChI=1S/C38H46N4O7/c1-25-22-28(18-19-31(25)43)32(33(44)40-30(35(46)48-37(2,3)4)24-27-16-12-9-13-17-27)42(21-20-39)34(45)29(23-26-14-10-8-11-15-26)41-36(47)49-38(5,6)7/h8-19,22,29-30,32,43H,21,23-24H2,1-7H3,(H,40,44)(H,41,47). The molecule has 11 nitrogen and oxygen atoms in total. The summed E-state index contributed by atoms with van der Waals surface area (Å²) in [6, 6.07) is 20.5. The lowest BCUT2D eigenvalue weighted by molar-refractivity contribution is -0.159. The predicted octanol–water partition coefficient (Wildman–Crippen LogP) is 5.30. The molecular weight excluding hydrogens is 624 g/mol. The Hall–Kier alpha value is -5.37. The number of esters is 1. The summed E-state index contributed by atoms with van der Waals surface area (Å²) in [4.78, 5) is 56.4. The van der Waals surface area contributed by atoms with E-state index < -0.39 is 59.7 Å². The molecule has 3 atom stereocenters. The number of rotatable bonds is 12. The van der Waals surface area contributed by atoms with Gasteiger partial charge < -0.3 is 30.1 Å². The summed E-state index contributed by atoms with van der Waals surface area (Å²) in [5, 5.41) is 25.7. The highest BCUT2D eigenvalue weighted by molar-refractivity contribution is 5.94. The normalized spacial score (nSPS) is 13.2. The molecule has 3 aromatic carbocycles. The van der Waals surface area contributed by atoms with Gasteiger partial charge in [-0.25, -0.2) is 9.59 Å². The van der Waals surface area contributed by atoms with Gasteiger partial charge in [0, 0.05) is 12.8 Å². The first-order valence-electron chi connectivity index (χ1n) is 16.0. The molecule has 0 fully saturated rings. The van der Waals surface area contributed by atoms with E-state index in [1.165, 1.54) is 18.2 Å². The zero-order valence-corrected chi connectivity index (χ0v) is 29.2. The summed E-state index contributed by atoms with van der Waals surface area (Å²) in [7, 11) is 0. The molecule has 260 valence electrons. The number of benzene rings is 3. The third-order valence-electron chi connectivity index (χ3n) is 7.18. The Morgan fingerprint density at radius 3 is 1.82 bits per heavy atom. The van der Waals surface area contributed by atoms with Crippen LogP contribution < -0.4 is 10.6 Å². The van der Waals surface area contributed by atoms with Gasteiger partial charge in [0.2, 0.25) is 11.8 Å². The molecule has 0 radical (unpaired) electrons. The van der Waals surface area contributed by atoms with Crippen LogP contribution in [-0.4, -0.2) is 63.7 Å². The second-order valence-corrected chi connectivity index (χ2v) is 13.7. The first-order valence-corrected chi connectivity index (χ1v) is 16.0. The monoisotopic (exact) mass is 670 g/mol. The minimum atomic E-state index is -1.45. The Balaban J connectivity index is 2.11. The third-order valence-corrected chi connectivity index (χ3v) is 7.18. The summed E-state index contributed by atoms with van der Waals surface area (Å²) >= 11 is 0. The van der Waals surface area contributed by atoms with Gasteiger partial charge in [0.1, 0.15) is 41.6 Å². The van der Waals surface area contributed by atoms with Crippen LogP contribution in [-0.2, 0) is 36.7 Å². The highest BCUT2D eigenvalue weighted by Gasteiger charge is 2.38. The molecule has 0 saturated carbocycles. The molecule has 0 bridgehead atoms. The zero-order chi connectivity index (χ0) is 36.4. The molecule has 49 heavy (non-hydrogen) atoms. The maximum atomic E-state index is 14.5. The Morgan fingerprint density at radius 1 is 0.796 bits per heavy atom. The number of nitrogens with zero attached hydrogens (tertiary/aromatic N) is 2. The van der Waals surface area contributed by atoms with Crippen LogP contribution in [0.15, 0.2) is 78.9 Å². The van der Waals surface area contributed by atoms with Crippen LogP contribution in [0, 0.1) is 18.3 Å². The van der Waals surface area contributed by atoms with Crippen LogP contribution in [0.1, 0.15) is 69.8 Å². The average molecular weight is 671 g/mol. The molecule has 3 unspecified atom stereocenters. The first kappa shape index (κ1) is 38.1. The molecule has 3 rings (SSSR count). The average Bonchev–Trinajstić information content (AvgIpc) is 3.01.